The van der Waals surface area contributed by atoms with E-state index in [2.05, 4.69) is 16.3 Å². The Labute approximate surface area is 212 Å². The third-order valence-corrected chi connectivity index (χ3v) is 8.96. The SMILES string of the molecule is COc1ccc(CN2C(=O)N[C@@H](CC(=O)N3CCCC4=C[C@H]5C[C@@H](CN6CCCC[C@H]56)[C@H]43)C2=O)cc1. The quantitative estimate of drug-likeness (QED) is 0.505. The Kier molecular flexibility index (Phi) is 6.23. The summed E-state index contributed by atoms with van der Waals surface area (Å²) in [5.41, 5.74) is 2.27. The second kappa shape index (κ2) is 9.54. The van der Waals surface area contributed by atoms with Gasteiger partial charge in [0.1, 0.15) is 11.8 Å². The molecule has 1 aromatic carbocycles. The van der Waals surface area contributed by atoms with Crippen LogP contribution in [0.1, 0.15) is 50.5 Å². The van der Waals surface area contributed by atoms with Crippen LogP contribution in [0.5, 0.6) is 5.75 Å². The molecule has 8 heteroatoms. The number of hydrogen-bond donors (Lipinski definition) is 1. The number of ether oxygens (including phenoxy) is 1. The molecule has 4 heterocycles. The Hall–Kier alpha value is -2.87. The first-order valence-electron chi connectivity index (χ1n) is 13.5. The number of imide groups is 1. The zero-order valence-electron chi connectivity index (χ0n) is 21.0. The summed E-state index contributed by atoms with van der Waals surface area (Å²) < 4.78 is 5.18. The summed E-state index contributed by atoms with van der Waals surface area (Å²) in [7, 11) is 1.60. The van der Waals surface area contributed by atoms with Crippen LogP contribution in [0.25, 0.3) is 0 Å². The molecule has 0 spiro atoms. The largest absolute Gasteiger partial charge is 0.497 e. The molecule has 2 bridgehead atoms. The molecule has 6 rings (SSSR count). The maximum absolute atomic E-state index is 13.6. The average molecular weight is 493 g/mol. The summed E-state index contributed by atoms with van der Waals surface area (Å²) in [4.78, 5) is 45.2. The van der Waals surface area contributed by atoms with Gasteiger partial charge in [0.25, 0.3) is 5.91 Å². The summed E-state index contributed by atoms with van der Waals surface area (Å²) in [5, 5.41) is 2.76. The number of benzene rings is 1. The van der Waals surface area contributed by atoms with Crippen LogP contribution in [0.4, 0.5) is 4.79 Å². The molecule has 36 heavy (non-hydrogen) atoms. The molecular weight excluding hydrogens is 456 g/mol. The van der Waals surface area contributed by atoms with Crippen molar-refractivity contribution in [3.63, 3.8) is 0 Å². The number of carbonyl (C=O) groups excluding carboxylic acids is 3. The van der Waals surface area contributed by atoms with Crippen LogP contribution in [0.3, 0.4) is 0 Å². The van der Waals surface area contributed by atoms with Crippen molar-refractivity contribution in [2.75, 3.05) is 26.7 Å². The molecule has 0 radical (unpaired) electrons. The molecule has 4 saturated heterocycles. The number of fused-ring (bicyclic) bond motifs is 6. The smallest absolute Gasteiger partial charge is 0.325 e. The molecule has 4 fully saturated rings. The van der Waals surface area contributed by atoms with Gasteiger partial charge >= 0.3 is 6.03 Å². The predicted octanol–water partition coefficient (Wildman–Crippen LogP) is 2.93. The van der Waals surface area contributed by atoms with Gasteiger partial charge in [-0.1, -0.05) is 30.2 Å². The summed E-state index contributed by atoms with van der Waals surface area (Å²) in [6.07, 6.45) is 9.63. The first-order valence-corrected chi connectivity index (χ1v) is 13.5. The number of nitrogens with zero attached hydrogens (tertiary/aromatic N) is 3. The molecule has 1 N–H and O–H groups in total. The molecule has 5 aliphatic rings. The Morgan fingerprint density at radius 3 is 2.75 bits per heavy atom. The van der Waals surface area contributed by atoms with Crippen molar-refractivity contribution in [1.82, 2.24) is 20.0 Å². The third-order valence-electron chi connectivity index (χ3n) is 8.96. The Morgan fingerprint density at radius 2 is 1.94 bits per heavy atom. The van der Waals surface area contributed by atoms with Crippen molar-refractivity contribution in [3.8, 4) is 5.75 Å². The van der Waals surface area contributed by atoms with E-state index in [1.54, 1.807) is 7.11 Å². The number of rotatable bonds is 5. The highest BCUT2D eigenvalue weighted by Crippen LogP contribution is 2.45. The van der Waals surface area contributed by atoms with Crippen molar-refractivity contribution in [1.29, 1.82) is 0 Å². The molecule has 1 aliphatic carbocycles. The van der Waals surface area contributed by atoms with Gasteiger partial charge < -0.3 is 15.0 Å². The Balaban J connectivity index is 1.14. The van der Waals surface area contributed by atoms with Gasteiger partial charge in [0.15, 0.2) is 0 Å². The van der Waals surface area contributed by atoms with E-state index in [1.165, 1.54) is 36.3 Å². The van der Waals surface area contributed by atoms with Gasteiger partial charge in [0.2, 0.25) is 5.91 Å². The molecule has 4 amide bonds. The molecule has 1 aromatic rings. The highest BCUT2D eigenvalue weighted by atomic mass is 16.5. The minimum atomic E-state index is -0.799. The third kappa shape index (κ3) is 4.19. The zero-order valence-corrected chi connectivity index (χ0v) is 21.0. The maximum atomic E-state index is 13.6. The van der Waals surface area contributed by atoms with Gasteiger partial charge in [-0.2, -0.15) is 0 Å². The number of urea groups is 1. The van der Waals surface area contributed by atoms with Crippen molar-refractivity contribution in [2.24, 2.45) is 11.8 Å². The lowest BCUT2D eigenvalue weighted by atomic mass is 9.68. The molecule has 0 aromatic heterocycles. The monoisotopic (exact) mass is 492 g/mol. The van der Waals surface area contributed by atoms with Gasteiger partial charge in [-0.05, 0) is 68.2 Å². The highest BCUT2D eigenvalue weighted by molar-refractivity contribution is 6.05. The van der Waals surface area contributed by atoms with E-state index in [9.17, 15) is 14.4 Å². The van der Waals surface area contributed by atoms with Gasteiger partial charge in [-0.15, -0.1) is 0 Å². The van der Waals surface area contributed by atoms with E-state index in [-0.39, 0.29) is 30.8 Å². The number of methoxy groups -OCH3 is 1. The number of piperidine rings is 3. The van der Waals surface area contributed by atoms with Crippen LogP contribution >= 0.6 is 0 Å². The first-order chi connectivity index (χ1) is 17.5. The lowest BCUT2D eigenvalue weighted by Gasteiger charge is -2.54. The number of nitrogens with one attached hydrogen (secondary N) is 1. The summed E-state index contributed by atoms with van der Waals surface area (Å²) in [5.74, 6) is 1.46. The van der Waals surface area contributed by atoms with Crippen LogP contribution < -0.4 is 10.1 Å². The van der Waals surface area contributed by atoms with Gasteiger partial charge in [-0.3, -0.25) is 19.4 Å². The van der Waals surface area contributed by atoms with Crippen molar-refractivity contribution < 1.29 is 19.1 Å². The van der Waals surface area contributed by atoms with Crippen molar-refractivity contribution in [3.05, 3.63) is 41.5 Å². The van der Waals surface area contributed by atoms with E-state index >= 15 is 0 Å². The second-order valence-corrected chi connectivity index (χ2v) is 11.1. The van der Waals surface area contributed by atoms with Crippen molar-refractivity contribution in [2.45, 2.75) is 69.6 Å². The molecule has 4 aliphatic heterocycles. The van der Waals surface area contributed by atoms with Gasteiger partial charge in [-0.25, -0.2) is 4.79 Å². The Bertz CT molecular complexity index is 1070. The zero-order chi connectivity index (χ0) is 24.8. The lowest BCUT2D eigenvalue weighted by molar-refractivity contribution is -0.139. The van der Waals surface area contributed by atoms with E-state index in [0.717, 1.165) is 43.7 Å². The Morgan fingerprint density at radius 1 is 1.11 bits per heavy atom. The minimum absolute atomic E-state index is 0.0187. The maximum Gasteiger partial charge on any atom is 0.325 e. The normalized spacial score (nSPS) is 31.9. The molecule has 0 unspecified atom stereocenters. The van der Waals surface area contributed by atoms with E-state index < -0.39 is 12.1 Å². The summed E-state index contributed by atoms with van der Waals surface area (Å²) in [6, 6.07) is 6.89. The fraction of sp³-hybridized carbons (Fsp3) is 0.607. The highest BCUT2D eigenvalue weighted by Gasteiger charge is 2.48. The molecular formula is C28H36N4O4. The van der Waals surface area contributed by atoms with Crippen LogP contribution in [0.2, 0.25) is 0 Å². The second-order valence-electron chi connectivity index (χ2n) is 11.1. The van der Waals surface area contributed by atoms with Crippen LogP contribution in [0.15, 0.2) is 35.9 Å². The summed E-state index contributed by atoms with van der Waals surface area (Å²) in [6.45, 7) is 3.16. The van der Waals surface area contributed by atoms with Crippen molar-refractivity contribution >= 4 is 17.8 Å². The predicted molar refractivity (Wildman–Crippen MR) is 134 cm³/mol. The van der Waals surface area contributed by atoms with Gasteiger partial charge in [0, 0.05) is 19.1 Å². The topological polar surface area (TPSA) is 82.2 Å². The molecule has 192 valence electrons. The number of carbonyl (C=O) groups is 3. The van der Waals surface area contributed by atoms with Crippen LogP contribution in [0, 0.1) is 11.8 Å². The number of likely N-dealkylation sites (tertiary alicyclic amines) is 1. The first kappa shape index (κ1) is 23.5. The lowest BCUT2D eigenvalue weighted by Crippen LogP contribution is -2.60. The van der Waals surface area contributed by atoms with E-state index in [4.69, 9.17) is 4.74 Å². The van der Waals surface area contributed by atoms with E-state index in [0.29, 0.717) is 17.9 Å². The number of hydrogen-bond acceptors (Lipinski definition) is 5. The average Bonchev–Trinajstić information content (AvgIpc) is 3.16. The standard InChI is InChI=1S/C28H36N4O4/c1-36-22-9-7-18(8-10-22)16-32-27(34)23(29-28(32)35)15-25(33)31-12-4-5-19-13-20-14-21(26(19)31)17-30-11-3-2-6-24(20)30/h7-10,13,20-21,23-24,26H,2-6,11-12,14-17H2,1H3,(H,29,35)/t20-,21-,23-,24+,26-/m0/s1. The minimum Gasteiger partial charge on any atom is -0.497 e. The molecule has 0 saturated carbocycles. The number of amides is 4. The van der Waals surface area contributed by atoms with Crippen LogP contribution in [-0.4, -0.2) is 77.4 Å². The van der Waals surface area contributed by atoms with Gasteiger partial charge in [0.05, 0.1) is 26.1 Å². The van der Waals surface area contributed by atoms with Crippen LogP contribution in [-0.2, 0) is 16.1 Å². The fourth-order valence-electron chi connectivity index (χ4n) is 7.32. The molecule has 8 nitrogen and oxygen atoms in total. The fourth-order valence-corrected chi connectivity index (χ4v) is 7.32. The molecule has 5 atom stereocenters. The summed E-state index contributed by atoms with van der Waals surface area (Å²) >= 11 is 0. The van der Waals surface area contributed by atoms with E-state index in [1.807, 2.05) is 29.2 Å².